The average Bonchev–Trinajstić information content (AvgIpc) is 3.74. The fourth-order valence-corrected chi connectivity index (χ4v) is 8.23. The van der Waals surface area contributed by atoms with Crippen molar-refractivity contribution >= 4 is 29.3 Å². The van der Waals surface area contributed by atoms with E-state index in [0.717, 1.165) is 5.56 Å². The molecule has 0 aliphatic carbocycles. The van der Waals surface area contributed by atoms with Crippen LogP contribution < -0.4 is 11.5 Å². The van der Waals surface area contributed by atoms with Crippen molar-refractivity contribution in [3.8, 4) is 11.3 Å². The number of esters is 1. The third kappa shape index (κ3) is 8.94. The summed E-state index contributed by atoms with van der Waals surface area (Å²) in [5, 5.41) is 19.6. The third-order valence-electron chi connectivity index (χ3n) is 12.3. The summed E-state index contributed by atoms with van der Waals surface area (Å²) in [7, 11) is 1.46. The van der Waals surface area contributed by atoms with Gasteiger partial charge in [-0.05, 0) is 71.4 Å². The van der Waals surface area contributed by atoms with Crippen LogP contribution in [0, 0.1) is 17.8 Å². The number of nitrogens with two attached hydrogens (primary N) is 2. The third-order valence-corrected chi connectivity index (χ3v) is 12.3. The van der Waals surface area contributed by atoms with Gasteiger partial charge in [0.2, 0.25) is 0 Å². The Balaban J connectivity index is 1.36. The van der Waals surface area contributed by atoms with Gasteiger partial charge in [-0.15, -0.1) is 5.10 Å². The molecule has 0 radical (unpaired) electrons. The predicted octanol–water partition coefficient (Wildman–Crippen LogP) is 3.66. The van der Waals surface area contributed by atoms with Crippen LogP contribution in [0.3, 0.4) is 0 Å². The van der Waals surface area contributed by atoms with E-state index in [1.54, 1.807) is 43.3 Å². The largest absolute Gasteiger partial charge is 0.458 e. The molecule has 3 unspecified atom stereocenters. The molecule has 12 atom stereocenters. The van der Waals surface area contributed by atoms with Gasteiger partial charge in [0.05, 0.1) is 30.0 Å². The van der Waals surface area contributed by atoms with Gasteiger partial charge in [0, 0.05) is 56.3 Å². The molecule has 0 bridgehead atoms. The summed E-state index contributed by atoms with van der Waals surface area (Å²) in [6.07, 6.45) is -2.06. The number of carbonyl (C=O) groups is 4. The number of hydrogen-bond donors (Lipinski definition) is 3. The zero-order chi connectivity index (χ0) is 41.1. The number of Topliss-reactive ketones (excluding diaryl/α,β-unsaturated/α-hetero) is 2. The van der Waals surface area contributed by atoms with Crippen molar-refractivity contribution in [1.29, 1.82) is 0 Å². The number of ether oxygens (including phenoxy) is 5. The molecule has 310 valence electrons. The monoisotopic (exact) mass is 784 g/mol. The molecule has 2 aromatic rings. The normalized spacial score (nSPS) is 36.1. The molecule has 0 saturated carbocycles. The highest BCUT2D eigenvalue weighted by Gasteiger charge is 2.57. The van der Waals surface area contributed by atoms with Crippen molar-refractivity contribution in [2.45, 2.75) is 148 Å². The molecule has 1 aromatic heterocycles. The van der Waals surface area contributed by atoms with E-state index in [2.05, 4.69) is 10.3 Å². The first-order chi connectivity index (χ1) is 26.4. The number of carbonyl (C=O) groups excluding carboxylic acids is 4. The maximum Gasteiger partial charge on any atom is 0.410 e. The molecular weight excluding hydrogens is 724 g/mol. The number of methoxy groups -OCH3 is 1. The number of benzene rings is 1. The molecule has 3 fully saturated rings. The van der Waals surface area contributed by atoms with E-state index in [0.29, 0.717) is 30.8 Å². The molecule has 0 spiro atoms. The van der Waals surface area contributed by atoms with E-state index in [9.17, 15) is 24.3 Å². The lowest BCUT2D eigenvalue weighted by Gasteiger charge is -2.46. The van der Waals surface area contributed by atoms with Gasteiger partial charge >= 0.3 is 12.1 Å². The Morgan fingerprint density at radius 1 is 1.07 bits per heavy atom. The number of cyclic esters (lactones) is 1. The number of fused-ring (bicyclic) bond motifs is 1. The summed E-state index contributed by atoms with van der Waals surface area (Å²) >= 11 is 0. The number of nitrogen functional groups attached to an aromatic ring is 1. The highest BCUT2D eigenvalue weighted by Crippen LogP contribution is 2.40. The topological polar surface area (TPSA) is 221 Å². The van der Waals surface area contributed by atoms with Gasteiger partial charge in [-0.2, -0.15) is 0 Å². The molecule has 56 heavy (non-hydrogen) atoms. The van der Waals surface area contributed by atoms with Gasteiger partial charge in [0.1, 0.15) is 29.6 Å². The maximum atomic E-state index is 14.1. The second-order valence-electron chi connectivity index (χ2n) is 16.2. The average molecular weight is 785 g/mol. The van der Waals surface area contributed by atoms with Crippen LogP contribution in [0.25, 0.3) is 11.3 Å². The lowest BCUT2D eigenvalue weighted by molar-refractivity contribution is -0.296. The summed E-state index contributed by atoms with van der Waals surface area (Å²) < 4.78 is 32.3. The van der Waals surface area contributed by atoms with Gasteiger partial charge in [0.15, 0.2) is 17.7 Å². The number of rotatable bonds is 10. The van der Waals surface area contributed by atoms with E-state index in [4.69, 9.17) is 35.2 Å². The standard InChI is InChI=1S/C40H60N6O10/c1-9-31-40(7)30(46(38(51)56-40)18-11-10-17-45-21-29(43-44-45)26-13-12-14-27(41)19-26)20-28(47)15-16-39(6,52-8)35(23(3)33(48)24(4)36(50)54-31)55-37-34(49)32(42)22(2)25(5)53-37/h12-14,19,21-25,30-32,34-35,37,49H,9-11,15-18,20,41-42H2,1-8H3/t22-,23-,24+,25?,30+,31+,32?,34?,35+,37-,39+,40-/m0/s1. The Labute approximate surface area is 328 Å². The first-order valence-electron chi connectivity index (χ1n) is 19.7. The van der Waals surface area contributed by atoms with Crippen LogP contribution >= 0.6 is 0 Å². The summed E-state index contributed by atoms with van der Waals surface area (Å²) in [6.45, 7) is 12.8. The molecule has 16 nitrogen and oxygen atoms in total. The lowest BCUT2D eigenvalue weighted by atomic mass is 9.78. The fraction of sp³-hybridized carbons (Fsp3) is 0.700. The van der Waals surface area contributed by atoms with Crippen LogP contribution in [-0.2, 0) is 44.6 Å². The number of unbranched alkanes of at least 4 members (excludes halogenated alkanes) is 1. The number of aromatic nitrogens is 3. The quantitative estimate of drug-likeness (QED) is 0.136. The van der Waals surface area contributed by atoms with E-state index < -0.39 is 77.6 Å². The van der Waals surface area contributed by atoms with Crippen molar-refractivity contribution in [2.24, 2.45) is 23.5 Å². The van der Waals surface area contributed by atoms with Gasteiger partial charge in [-0.25, -0.2) is 4.79 Å². The second kappa shape index (κ2) is 17.7. The minimum Gasteiger partial charge on any atom is -0.458 e. The van der Waals surface area contributed by atoms with Crippen LogP contribution in [0.5, 0.6) is 0 Å². The number of nitrogens with zero attached hydrogens (tertiary/aromatic N) is 4. The Morgan fingerprint density at radius 3 is 2.46 bits per heavy atom. The van der Waals surface area contributed by atoms with E-state index in [1.165, 1.54) is 14.0 Å². The first-order valence-corrected chi connectivity index (χ1v) is 19.7. The van der Waals surface area contributed by atoms with Gasteiger partial charge < -0.3 is 45.2 Å². The molecule has 1 amide bonds. The minimum absolute atomic E-state index is 0.00851. The maximum absolute atomic E-state index is 14.1. The smallest absolute Gasteiger partial charge is 0.410 e. The van der Waals surface area contributed by atoms with Crippen molar-refractivity contribution in [1.82, 2.24) is 19.9 Å². The van der Waals surface area contributed by atoms with Crippen molar-refractivity contribution in [3.63, 3.8) is 0 Å². The second-order valence-corrected chi connectivity index (χ2v) is 16.2. The first kappa shape index (κ1) is 43.2. The number of amides is 1. The highest BCUT2D eigenvalue weighted by atomic mass is 16.7. The van der Waals surface area contributed by atoms with Gasteiger partial charge in [-0.1, -0.05) is 38.1 Å². The summed E-state index contributed by atoms with van der Waals surface area (Å²) in [6, 6.07) is 5.96. The van der Waals surface area contributed by atoms with E-state index in [-0.39, 0.29) is 50.0 Å². The summed E-state index contributed by atoms with van der Waals surface area (Å²) in [4.78, 5) is 57.1. The summed E-state index contributed by atoms with van der Waals surface area (Å²) in [5.74, 6) is -3.84. The van der Waals surface area contributed by atoms with Crippen LogP contribution in [0.15, 0.2) is 30.5 Å². The molecule has 5 rings (SSSR count). The lowest BCUT2D eigenvalue weighted by Crippen LogP contribution is -2.61. The number of aliphatic hydroxyl groups excluding tert-OH is 1. The number of aliphatic hydroxyl groups is 1. The molecule has 1 aromatic carbocycles. The highest BCUT2D eigenvalue weighted by molar-refractivity contribution is 6.00. The van der Waals surface area contributed by atoms with Crippen molar-refractivity contribution in [2.75, 3.05) is 19.4 Å². The zero-order valence-corrected chi connectivity index (χ0v) is 33.9. The van der Waals surface area contributed by atoms with Crippen molar-refractivity contribution < 1.29 is 48.0 Å². The van der Waals surface area contributed by atoms with Crippen molar-refractivity contribution in [3.05, 3.63) is 30.5 Å². The zero-order valence-electron chi connectivity index (χ0n) is 33.9. The number of ketones is 2. The Hall–Kier alpha value is -3.96. The number of anilines is 1. The predicted molar refractivity (Wildman–Crippen MR) is 205 cm³/mol. The molecule has 3 aliphatic heterocycles. The molecule has 5 N–H and O–H groups in total. The Morgan fingerprint density at radius 2 is 1.79 bits per heavy atom. The molecule has 4 heterocycles. The van der Waals surface area contributed by atoms with Crippen LogP contribution in [0.4, 0.5) is 10.5 Å². The van der Waals surface area contributed by atoms with Crippen LogP contribution in [-0.4, -0.2) is 116 Å². The fourth-order valence-electron chi connectivity index (χ4n) is 8.23. The van der Waals surface area contributed by atoms with Crippen LogP contribution in [0.1, 0.15) is 87.0 Å². The molecule has 16 heteroatoms. The Kier molecular flexibility index (Phi) is 13.6. The van der Waals surface area contributed by atoms with E-state index >= 15 is 0 Å². The molecular formula is C40H60N6O10. The molecule has 3 saturated heterocycles. The van der Waals surface area contributed by atoms with Gasteiger partial charge in [-0.3, -0.25) is 19.1 Å². The number of hydrogen-bond acceptors (Lipinski definition) is 14. The minimum atomic E-state index is -1.38. The summed E-state index contributed by atoms with van der Waals surface area (Å²) in [5.41, 5.74) is 11.8. The van der Waals surface area contributed by atoms with E-state index in [1.807, 2.05) is 38.2 Å². The Bertz CT molecular complexity index is 1720. The van der Waals surface area contributed by atoms with Crippen LogP contribution in [0.2, 0.25) is 0 Å². The van der Waals surface area contributed by atoms with Gasteiger partial charge in [0.25, 0.3) is 0 Å². The number of aryl methyl sites for hydroxylation is 1. The molecule has 3 aliphatic rings. The SMILES string of the molecule is CC[C@H]1OC(=O)[C@H](C)C(=O)[C@H](C)[C@@H](O[C@@H]2OC(C)[C@H](C)C(N)C2O)[C@](C)(OC)CCC(=O)C[C@H]2N(CCCCn3cc(-c4cccc(N)c4)nn3)C(=O)O[C@]12C.